The molecule has 1 aromatic heterocycles. The molecule has 1 nitrogen and oxygen atoms in total. The first-order valence-corrected chi connectivity index (χ1v) is 5.41. The molecule has 2 rings (SSSR count). The Morgan fingerprint density at radius 3 is 2.69 bits per heavy atom. The van der Waals surface area contributed by atoms with Crippen LogP contribution in [0.25, 0.3) is 10.8 Å². The highest BCUT2D eigenvalue weighted by Crippen LogP contribution is 2.27. The average molecular weight is 324 g/mol. The fourth-order valence-electron chi connectivity index (χ4n) is 1.15. The fourth-order valence-corrected chi connectivity index (χ4v) is 2.13. The number of rotatable bonds is 0. The third-order valence-corrected chi connectivity index (χ3v) is 3.15. The number of aromatic nitrogens is 1. The minimum Gasteiger partial charge on any atom is -0.243 e. The van der Waals surface area contributed by atoms with Crippen LogP contribution in [0.3, 0.4) is 0 Å². The van der Waals surface area contributed by atoms with Crippen molar-refractivity contribution < 1.29 is 0 Å². The van der Waals surface area contributed by atoms with Crippen molar-refractivity contribution in [2.45, 2.75) is 0 Å². The lowest BCUT2D eigenvalue weighted by atomic mass is 10.2. The van der Waals surface area contributed by atoms with Crippen LogP contribution in [0, 0.1) is 3.57 Å². The Kier molecular flexibility index (Phi) is 2.62. The molecule has 0 unspecified atom stereocenters. The SMILES string of the molecule is Clc1ccc2c(I)cnc(Cl)c2c1. The predicted molar refractivity (Wildman–Crippen MR) is 64.5 cm³/mol. The smallest absolute Gasteiger partial charge is 0.136 e. The van der Waals surface area contributed by atoms with E-state index in [1.807, 2.05) is 18.2 Å². The van der Waals surface area contributed by atoms with Crippen molar-refractivity contribution in [3.05, 3.63) is 38.1 Å². The second-order valence-electron chi connectivity index (χ2n) is 2.59. The second-order valence-corrected chi connectivity index (χ2v) is 4.54. The highest BCUT2D eigenvalue weighted by Gasteiger charge is 2.03. The van der Waals surface area contributed by atoms with Gasteiger partial charge < -0.3 is 0 Å². The molecule has 4 heteroatoms. The third kappa shape index (κ3) is 1.75. The molecule has 0 radical (unpaired) electrons. The molecule has 0 bridgehead atoms. The van der Waals surface area contributed by atoms with E-state index in [2.05, 4.69) is 27.6 Å². The summed E-state index contributed by atoms with van der Waals surface area (Å²) in [6.07, 6.45) is 1.75. The van der Waals surface area contributed by atoms with Crippen LogP contribution in [0.4, 0.5) is 0 Å². The Labute approximate surface area is 99.2 Å². The number of nitrogens with zero attached hydrogens (tertiary/aromatic N) is 1. The van der Waals surface area contributed by atoms with Crippen LogP contribution in [0.15, 0.2) is 24.4 Å². The Balaban J connectivity index is 2.92. The summed E-state index contributed by atoms with van der Waals surface area (Å²) in [5.41, 5.74) is 0. The molecule has 0 saturated heterocycles. The lowest BCUT2D eigenvalue weighted by Crippen LogP contribution is -1.83. The van der Waals surface area contributed by atoms with Crippen molar-refractivity contribution in [2.75, 3.05) is 0 Å². The number of hydrogen-bond acceptors (Lipinski definition) is 1. The van der Waals surface area contributed by atoms with Gasteiger partial charge in [0.25, 0.3) is 0 Å². The Morgan fingerprint density at radius 2 is 1.92 bits per heavy atom. The van der Waals surface area contributed by atoms with Crippen LogP contribution in [0.2, 0.25) is 10.2 Å². The summed E-state index contributed by atoms with van der Waals surface area (Å²) in [4.78, 5) is 4.05. The molecular formula is C9H4Cl2IN. The van der Waals surface area contributed by atoms with E-state index in [-0.39, 0.29) is 0 Å². The van der Waals surface area contributed by atoms with Gasteiger partial charge in [0.2, 0.25) is 0 Å². The number of benzene rings is 1. The van der Waals surface area contributed by atoms with Gasteiger partial charge in [-0.3, -0.25) is 0 Å². The molecule has 0 spiro atoms. The molecular weight excluding hydrogens is 320 g/mol. The van der Waals surface area contributed by atoms with Gasteiger partial charge in [-0.05, 0) is 40.1 Å². The molecule has 0 saturated carbocycles. The minimum atomic E-state index is 0.498. The van der Waals surface area contributed by atoms with Crippen LogP contribution in [0.5, 0.6) is 0 Å². The lowest BCUT2D eigenvalue weighted by Gasteiger charge is -2.01. The molecule has 1 aromatic carbocycles. The second kappa shape index (κ2) is 3.59. The number of hydrogen-bond donors (Lipinski definition) is 0. The van der Waals surface area contributed by atoms with E-state index in [4.69, 9.17) is 23.2 Å². The summed E-state index contributed by atoms with van der Waals surface area (Å²) in [6.45, 7) is 0. The zero-order chi connectivity index (χ0) is 9.42. The van der Waals surface area contributed by atoms with Gasteiger partial charge in [-0.15, -0.1) is 0 Å². The zero-order valence-corrected chi connectivity index (χ0v) is 10.1. The van der Waals surface area contributed by atoms with Crippen molar-refractivity contribution in [3.63, 3.8) is 0 Å². The predicted octanol–water partition coefficient (Wildman–Crippen LogP) is 4.15. The van der Waals surface area contributed by atoms with Gasteiger partial charge in [-0.2, -0.15) is 0 Å². The lowest BCUT2D eigenvalue weighted by molar-refractivity contribution is 1.34. The normalized spacial score (nSPS) is 10.7. The van der Waals surface area contributed by atoms with Crippen LogP contribution >= 0.6 is 45.8 Å². The summed E-state index contributed by atoms with van der Waals surface area (Å²) in [6, 6.07) is 5.63. The van der Waals surface area contributed by atoms with Crippen molar-refractivity contribution in [1.29, 1.82) is 0 Å². The third-order valence-electron chi connectivity index (χ3n) is 1.75. The largest absolute Gasteiger partial charge is 0.243 e. The van der Waals surface area contributed by atoms with Crippen LogP contribution in [-0.4, -0.2) is 4.98 Å². The molecule has 13 heavy (non-hydrogen) atoms. The van der Waals surface area contributed by atoms with Gasteiger partial charge in [-0.1, -0.05) is 29.3 Å². The zero-order valence-electron chi connectivity index (χ0n) is 6.39. The maximum atomic E-state index is 5.93. The first-order chi connectivity index (χ1) is 6.18. The number of pyridine rings is 1. The topological polar surface area (TPSA) is 12.9 Å². The molecule has 1 heterocycles. The Bertz CT molecular complexity index is 470. The monoisotopic (exact) mass is 323 g/mol. The fraction of sp³-hybridized carbons (Fsp3) is 0. The van der Waals surface area contributed by atoms with Crippen molar-refractivity contribution in [1.82, 2.24) is 4.98 Å². The molecule has 0 aliphatic rings. The van der Waals surface area contributed by atoms with Gasteiger partial charge in [-0.25, -0.2) is 4.98 Å². The van der Waals surface area contributed by atoms with Crippen LogP contribution in [-0.2, 0) is 0 Å². The molecule has 2 aromatic rings. The Hall–Kier alpha value is -0.0600. The standard InChI is InChI=1S/C9H4Cl2IN/c10-5-1-2-6-7(3-5)9(11)13-4-8(6)12/h1-4H. The summed E-state index contributed by atoms with van der Waals surface area (Å²) in [7, 11) is 0. The van der Waals surface area contributed by atoms with Gasteiger partial charge >= 0.3 is 0 Å². The summed E-state index contributed by atoms with van der Waals surface area (Å²) >= 11 is 14.0. The van der Waals surface area contributed by atoms with E-state index in [1.165, 1.54) is 0 Å². The molecule has 0 aliphatic heterocycles. The van der Waals surface area contributed by atoms with Crippen LogP contribution in [0.1, 0.15) is 0 Å². The van der Waals surface area contributed by atoms with Gasteiger partial charge in [0, 0.05) is 20.2 Å². The first kappa shape index (κ1) is 9.49. The van der Waals surface area contributed by atoms with E-state index in [1.54, 1.807) is 6.20 Å². The van der Waals surface area contributed by atoms with Gasteiger partial charge in [0.05, 0.1) is 0 Å². The minimum absolute atomic E-state index is 0.498. The number of fused-ring (bicyclic) bond motifs is 1. The van der Waals surface area contributed by atoms with Crippen molar-refractivity contribution >= 4 is 56.6 Å². The molecule has 0 amide bonds. The molecule has 0 fully saturated rings. The maximum absolute atomic E-state index is 5.93. The van der Waals surface area contributed by atoms with E-state index in [0.29, 0.717) is 10.2 Å². The van der Waals surface area contributed by atoms with Crippen LogP contribution < -0.4 is 0 Å². The summed E-state index contributed by atoms with van der Waals surface area (Å²) in [5, 5.41) is 3.17. The highest BCUT2D eigenvalue weighted by molar-refractivity contribution is 14.1. The summed E-state index contributed by atoms with van der Waals surface area (Å²) < 4.78 is 1.08. The van der Waals surface area contributed by atoms with E-state index in [9.17, 15) is 0 Å². The van der Waals surface area contributed by atoms with Gasteiger partial charge in [0.1, 0.15) is 5.15 Å². The first-order valence-electron chi connectivity index (χ1n) is 3.58. The molecule has 0 aliphatic carbocycles. The van der Waals surface area contributed by atoms with E-state index in [0.717, 1.165) is 14.3 Å². The Morgan fingerprint density at radius 1 is 1.15 bits per heavy atom. The quantitative estimate of drug-likeness (QED) is 0.524. The van der Waals surface area contributed by atoms with E-state index >= 15 is 0 Å². The van der Waals surface area contributed by atoms with Crippen molar-refractivity contribution in [3.8, 4) is 0 Å². The highest BCUT2D eigenvalue weighted by atomic mass is 127. The maximum Gasteiger partial charge on any atom is 0.136 e. The number of halogens is 3. The summed E-state index contributed by atoms with van der Waals surface area (Å²) in [5.74, 6) is 0. The van der Waals surface area contributed by atoms with Crippen molar-refractivity contribution in [2.24, 2.45) is 0 Å². The van der Waals surface area contributed by atoms with E-state index < -0.39 is 0 Å². The molecule has 66 valence electrons. The van der Waals surface area contributed by atoms with Gasteiger partial charge in [0.15, 0.2) is 0 Å². The molecule has 0 N–H and O–H groups in total. The average Bonchev–Trinajstić information content (AvgIpc) is 2.12. The molecule has 0 atom stereocenters.